The van der Waals surface area contributed by atoms with Crippen molar-refractivity contribution < 1.29 is 13.2 Å². The van der Waals surface area contributed by atoms with Gasteiger partial charge in [0.05, 0.1) is 10.9 Å². The number of sulfonamides is 1. The van der Waals surface area contributed by atoms with E-state index in [2.05, 4.69) is 10.6 Å². The van der Waals surface area contributed by atoms with E-state index in [0.717, 1.165) is 11.1 Å². The van der Waals surface area contributed by atoms with Gasteiger partial charge in [-0.05, 0) is 30.2 Å². The van der Waals surface area contributed by atoms with Crippen molar-refractivity contribution >= 4 is 15.9 Å². The van der Waals surface area contributed by atoms with E-state index < -0.39 is 15.9 Å². The number of primary sulfonamides is 1. The van der Waals surface area contributed by atoms with Crippen molar-refractivity contribution in [3.8, 4) is 6.07 Å². The Kier molecular flexibility index (Phi) is 6.71. The van der Waals surface area contributed by atoms with Crippen LogP contribution in [0.25, 0.3) is 0 Å². The van der Waals surface area contributed by atoms with Crippen LogP contribution in [-0.4, -0.2) is 14.3 Å². The van der Waals surface area contributed by atoms with E-state index in [1.165, 1.54) is 18.3 Å². The van der Waals surface area contributed by atoms with Gasteiger partial charge in [-0.15, -0.1) is 0 Å². The van der Waals surface area contributed by atoms with Crippen LogP contribution in [0.2, 0.25) is 0 Å². The van der Waals surface area contributed by atoms with E-state index in [1.54, 1.807) is 12.1 Å². The number of nitrogens with zero attached hydrogens (tertiary/aromatic N) is 1. The van der Waals surface area contributed by atoms with Crippen molar-refractivity contribution in [2.24, 2.45) is 5.14 Å². The molecule has 0 aliphatic heterocycles. The van der Waals surface area contributed by atoms with Gasteiger partial charge in [0.15, 0.2) is 0 Å². The third-order valence-corrected chi connectivity index (χ3v) is 4.75. The fourth-order valence-corrected chi connectivity index (χ4v) is 2.83. The van der Waals surface area contributed by atoms with Crippen LogP contribution in [0.4, 0.5) is 0 Å². The van der Waals surface area contributed by atoms with Crippen LogP contribution in [0, 0.1) is 11.3 Å². The molecule has 27 heavy (non-hydrogen) atoms. The van der Waals surface area contributed by atoms with Gasteiger partial charge in [0.25, 0.3) is 5.91 Å². The molecular formula is C19H20N4O3S. The Morgan fingerprint density at radius 2 is 1.81 bits per heavy atom. The highest BCUT2D eigenvalue weighted by atomic mass is 32.2. The van der Waals surface area contributed by atoms with Crippen LogP contribution >= 0.6 is 0 Å². The molecule has 0 aliphatic carbocycles. The van der Waals surface area contributed by atoms with Gasteiger partial charge in [0, 0.05) is 12.7 Å². The van der Waals surface area contributed by atoms with Gasteiger partial charge in [0.1, 0.15) is 11.6 Å². The lowest BCUT2D eigenvalue weighted by Gasteiger charge is -2.13. The highest BCUT2D eigenvalue weighted by molar-refractivity contribution is 7.89. The maximum Gasteiger partial charge on any atom is 0.263 e. The summed E-state index contributed by atoms with van der Waals surface area (Å²) < 4.78 is 22.4. The molecule has 2 aromatic carbocycles. The van der Waals surface area contributed by atoms with Gasteiger partial charge in [-0.1, -0.05) is 42.5 Å². The lowest BCUT2D eigenvalue weighted by molar-refractivity contribution is -0.117. The van der Waals surface area contributed by atoms with Gasteiger partial charge in [-0.25, -0.2) is 13.6 Å². The lowest BCUT2D eigenvalue weighted by Crippen LogP contribution is -2.28. The molecule has 0 radical (unpaired) electrons. The number of nitriles is 1. The first-order chi connectivity index (χ1) is 12.8. The van der Waals surface area contributed by atoms with Crippen LogP contribution in [0.1, 0.15) is 24.1 Å². The number of carbonyl (C=O) groups excluding carboxylic acids is 1. The number of carbonyl (C=O) groups is 1. The minimum absolute atomic E-state index is 0.0220. The van der Waals surface area contributed by atoms with E-state index in [0.29, 0.717) is 6.54 Å². The summed E-state index contributed by atoms with van der Waals surface area (Å²) in [6, 6.07) is 17.1. The number of amides is 1. The molecule has 0 heterocycles. The molecule has 0 aliphatic rings. The maximum atomic E-state index is 12.2. The highest BCUT2D eigenvalue weighted by Gasteiger charge is 2.13. The zero-order valence-electron chi connectivity index (χ0n) is 14.7. The lowest BCUT2D eigenvalue weighted by atomic mass is 10.1. The molecule has 1 unspecified atom stereocenters. The average Bonchev–Trinajstić information content (AvgIpc) is 2.65. The average molecular weight is 384 g/mol. The SMILES string of the molecule is CC(NC(=O)/C(C#N)=C\NCc1ccc(S(N)(=O)=O)cc1)c1ccccc1. The summed E-state index contributed by atoms with van der Waals surface area (Å²) in [6.45, 7) is 2.15. The molecule has 0 fully saturated rings. The number of nitrogens with one attached hydrogen (secondary N) is 2. The Morgan fingerprint density at radius 3 is 2.37 bits per heavy atom. The molecule has 0 saturated heterocycles. The second-order valence-corrected chi connectivity index (χ2v) is 7.41. The topological polar surface area (TPSA) is 125 Å². The molecule has 140 valence electrons. The Hall–Kier alpha value is -3.15. The van der Waals surface area contributed by atoms with E-state index in [9.17, 15) is 18.5 Å². The predicted octanol–water partition coefficient (Wildman–Crippen LogP) is 1.71. The van der Waals surface area contributed by atoms with Crippen molar-refractivity contribution in [3.63, 3.8) is 0 Å². The van der Waals surface area contributed by atoms with Crippen molar-refractivity contribution in [1.82, 2.24) is 10.6 Å². The molecule has 0 saturated carbocycles. The quantitative estimate of drug-likeness (QED) is 0.495. The summed E-state index contributed by atoms with van der Waals surface area (Å²) in [6.07, 6.45) is 1.33. The van der Waals surface area contributed by atoms with Crippen LogP contribution in [0.5, 0.6) is 0 Å². The number of hydrogen-bond acceptors (Lipinski definition) is 5. The van der Waals surface area contributed by atoms with E-state index in [1.807, 2.05) is 43.3 Å². The van der Waals surface area contributed by atoms with Gasteiger partial charge in [0.2, 0.25) is 10.0 Å². The number of rotatable bonds is 7. The second kappa shape index (κ2) is 8.98. The monoisotopic (exact) mass is 384 g/mol. The summed E-state index contributed by atoms with van der Waals surface area (Å²) in [7, 11) is -3.73. The van der Waals surface area contributed by atoms with Gasteiger partial charge >= 0.3 is 0 Å². The van der Waals surface area contributed by atoms with Crippen LogP contribution in [0.3, 0.4) is 0 Å². The minimum atomic E-state index is -3.73. The molecule has 2 aromatic rings. The van der Waals surface area contributed by atoms with Gasteiger partial charge in [-0.2, -0.15) is 5.26 Å². The third kappa shape index (κ3) is 5.95. The number of benzene rings is 2. The maximum absolute atomic E-state index is 12.2. The Morgan fingerprint density at radius 1 is 1.19 bits per heavy atom. The Labute approximate surface area is 158 Å². The summed E-state index contributed by atoms with van der Waals surface area (Å²) in [5.74, 6) is -0.481. The normalized spacial score (nSPS) is 12.7. The zero-order chi connectivity index (χ0) is 19.9. The second-order valence-electron chi connectivity index (χ2n) is 5.85. The van der Waals surface area contributed by atoms with Crippen molar-refractivity contribution in [2.45, 2.75) is 24.4 Å². The summed E-state index contributed by atoms with van der Waals surface area (Å²) in [5.41, 5.74) is 1.65. The predicted molar refractivity (Wildman–Crippen MR) is 101 cm³/mol. The fourth-order valence-electron chi connectivity index (χ4n) is 2.32. The molecule has 1 amide bonds. The van der Waals surface area contributed by atoms with E-state index >= 15 is 0 Å². The van der Waals surface area contributed by atoms with Gasteiger partial charge < -0.3 is 10.6 Å². The van der Waals surface area contributed by atoms with E-state index in [-0.39, 0.29) is 16.5 Å². The van der Waals surface area contributed by atoms with Crippen LogP contribution < -0.4 is 15.8 Å². The molecule has 0 spiro atoms. The first-order valence-electron chi connectivity index (χ1n) is 8.12. The fraction of sp³-hybridized carbons (Fsp3) is 0.158. The number of hydrogen-bond donors (Lipinski definition) is 3. The first-order valence-corrected chi connectivity index (χ1v) is 9.67. The molecule has 8 heteroatoms. The standard InChI is InChI=1S/C19H20N4O3S/c1-14(16-5-3-2-4-6-16)23-19(24)17(11-20)13-22-12-15-7-9-18(10-8-15)27(21,25)26/h2-10,13-14,22H,12H2,1H3,(H,23,24)(H2,21,25,26)/b17-13-. The smallest absolute Gasteiger partial charge is 0.263 e. The largest absolute Gasteiger partial charge is 0.386 e. The molecule has 4 N–H and O–H groups in total. The van der Waals surface area contributed by atoms with Crippen LogP contribution in [-0.2, 0) is 21.4 Å². The van der Waals surface area contributed by atoms with Crippen molar-refractivity contribution in [1.29, 1.82) is 5.26 Å². The number of nitrogens with two attached hydrogens (primary N) is 1. The Bertz CT molecular complexity index is 962. The molecule has 1 atom stereocenters. The molecule has 2 rings (SSSR count). The summed E-state index contributed by atoms with van der Waals surface area (Å²) in [5, 5.41) is 19.9. The van der Waals surface area contributed by atoms with Gasteiger partial charge in [-0.3, -0.25) is 4.79 Å². The minimum Gasteiger partial charge on any atom is -0.386 e. The zero-order valence-corrected chi connectivity index (χ0v) is 15.5. The van der Waals surface area contributed by atoms with Crippen molar-refractivity contribution in [3.05, 3.63) is 77.5 Å². The summed E-state index contributed by atoms with van der Waals surface area (Å²) >= 11 is 0. The first kappa shape index (κ1) is 20.2. The van der Waals surface area contributed by atoms with Crippen LogP contribution in [0.15, 0.2) is 71.3 Å². The molecule has 0 aromatic heterocycles. The molecule has 0 bridgehead atoms. The summed E-state index contributed by atoms with van der Waals surface area (Å²) in [4.78, 5) is 12.3. The van der Waals surface area contributed by atoms with Crippen molar-refractivity contribution in [2.75, 3.05) is 0 Å². The highest BCUT2D eigenvalue weighted by Crippen LogP contribution is 2.12. The molecule has 7 nitrogen and oxygen atoms in total. The van der Waals surface area contributed by atoms with E-state index in [4.69, 9.17) is 5.14 Å². The molecular weight excluding hydrogens is 364 g/mol. The third-order valence-electron chi connectivity index (χ3n) is 3.82. The Balaban J connectivity index is 1.95.